The van der Waals surface area contributed by atoms with Crippen LogP contribution in [-0.4, -0.2) is 48.9 Å². The number of rotatable bonds is 5. The second-order valence-corrected chi connectivity index (χ2v) is 6.93. The Morgan fingerprint density at radius 1 is 1.20 bits per heavy atom. The molecule has 2 amide bonds. The standard InChI is InChI=1S/C20H27N3O2/c24-19(11-10-16-6-2-1-3-7-16)23-13-5-8-17(15-23)14-22-20(25)18-9-4-12-21-18/h1-3,6-7,10-11,17-18,21H,4-5,8-9,12-15H2,(H,22,25)/b11-10+/t17-,18+/m1/s1. The van der Waals surface area contributed by atoms with Crippen molar-refractivity contribution in [1.29, 1.82) is 0 Å². The van der Waals surface area contributed by atoms with Crippen molar-refractivity contribution in [2.75, 3.05) is 26.2 Å². The highest BCUT2D eigenvalue weighted by molar-refractivity contribution is 5.91. The van der Waals surface area contributed by atoms with Crippen molar-refractivity contribution >= 4 is 17.9 Å². The lowest BCUT2D eigenvalue weighted by atomic mass is 9.97. The highest BCUT2D eigenvalue weighted by atomic mass is 16.2. The van der Waals surface area contributed by atoms with Crippen LogP contribution in [0.25, 0.3) is 6.08 Å². The maximum atomic E-state index is 12.4. The second-order valence-electron chi connectivity index (χ2n) is 6.93. The van der Waals surface area contributed by atoms with Gasteiger partial charge in [-0.05, 0) is 49.8 Å². The van der Waals surface area contributed by atoms with Crippen molar-refractivity contribution < 1.29 is 9.59 Å². The summed E-state index contributed by atoms with van der Waals surface area (Å²) in [5, 5.41) is 6.27. The summed E-state index contributed by atoms with van der Waals surface area (Å²) >= 11 is 0. The Morgan fingerprint density at radius 2 is 2.04 bits per heavy atom. The van der Waals surface area contributed by atoms with Gasteiger partial charge in [-0.15, -0.1) is 0 Å². The molecule has 25 heavy (non-hydrogen) atoms. The number of piperidine rings is 1. The fourth-order valence-electron chi connectivity index (χ4n) is 3.55. The van der Waals surface area contributed by atoms with E-state index in [1.807, 2.05) is 41.3 Å². The molecule has 2 N–H and O–H groups in total. The molecule has 2 aliphatic heterocycles. The van der Waals surface area contributed by atoms with E-state index in [9.17, 15) is 9.59 Å². The first-order chi connectivity index (χ1) is 12.2. The first-order valence-electron chi connectivity index (χ1n) is 9.25. The monoisotopic (exact) mass is 341 g/mol. The first kappa shape index (κ1) is 17.7. The van der Waals surface area contributed by atoms with Crippen LogP contribution in [-0.2, 0) is 9.59 Å². The third-order valence-corrected chi connectivity index (χ3v) is 4.99. The number of amides is 2. The van der Waals surface area contributed by atoms with Gasteiger partial charge >= 0.3 is 0 Å². The molecule has 0 aliphatic carbocycles. The molecular weight excluding hydrogens is 314 g/mol. The summed E-state index contributed by atoms with van der Waals surface area (Å²) in [6.07, 6.45) is 7.55. The summed E-state index contributed by atoms with van der Waals surface area (Å²) in [5.74, 6) is 0.496. The van der Waals surface area contributed by atoms with Crippen molar-refractivity contribution in [2.45, 2.75) is 31.7 Å². The minimum atomic E-state index is -0.0323. The van der Waals surface area contributed by atoms with E-state index in [0.717, 1.165) is 50.9 Å². The number of nitrogens with zero attached hydrogens (tertiary/aromatic N) is 1. The van der Waals surface area contributed by atoms with E-state index in [0.29, 0.717) is 12.5 Å². The van der Waals surface area contributed by atoms with Crippen LogP contribution in [0.4, 0.5) is 0 Å². The van der Waals surface area contributed by atoms with Crippen molar-refractivity contribution in [3.8, 4) is 0 Å². The fourth-order valence-corrected chi connectivity index (χ4v) is 3.55. The van der Waals surface area contributed by atoms with Crippen molar-refractivity contribution in [3.63, 3.8) is 0 Å². The van der Waals surface area contributed by atoms with Gasteiger partial charge in [0.25, 0.3) is 0 Å². The zero-order valence-electron chi connectivity index (χ0n) is 14.6. The predicted octanol–water partition coefficient (Wildman–Crippen LogP) is 1.81. The smallest absolute Gasteiger partial charge is 0.246 e. The lowest BCUT2D eigenvalue weighted by molar-refractivity contribution is -0.127. The maximum Gasteiger partial charge on any atom is 0.246 e. The Labute approximate surface area is 149 Å². The van der Waals surface area contributed by atoms with Gasteiger partial charge in [-0.2, -0.15) is 0 Å². The molecule has 0 saturated carbocycles. The summed E-state index contributed by atoms with van der Waals surface area (Å²) in [6.45, 7) is 3.10. The maximum absolute atomic E-state index is 12.4. The van der Waals surface area contributed by atoms with Gasteiger partial charge in [0.15, 0.2) is 0 Å². The van der Waals surface area contributed by atoms with Gasteiger partial charge in [0, 0.05) is 25.7 Å². The summed E-state index contributed by atoms with van der Waals surface area (Å²) in [4.78, 5) is 26.4. The molecule has 2 saturated heterocycles. The summed E-state index contributed by atoms with van der Waals surface area (Å²) in [6, 6.07) is 9.82. The first-order valence-corrected chi connectivity index (χ1v) is 9.25. The molecule has 2 atom stereocenters. The van der Waals surface area contributed by atoms with Crippen LogP contribution in [0.1, 0.15) is 31.2 Å². The molecular formula is C20H27N3O2. The molecule has 2 aliphatic rings. The SMILES string of the molecule is O=C(NC[C@H]1CCCN(C(=O)/C=C/c2ccccc2)C1)[C@@H]1CCCN1. The van der Waals surface area contributed by atoms with E-state index in [1.165, 1.54) is 0 Å². The summed E-state index contributed by atoms with van der Waals surface area (Å²) in [7, 11) is 0. The second kappa shape index (κ2) is 8.81. The van der Waals surface area contributed by atoms with Gasteiger partial charge < -0.3 is 15.5 Å². The molecule has 5 nitrogen and oxygen atoms in total. The van der Waals surface area contributed by atoms with E-state index in [2.05, 4.69) is 10.6 Å². The Kier molecular flexibility index (Phi) is 6.23. The Hall–Kier alpha value is -2.14. The van der Waals surface area contributed by atoms with Gasteiger partial charge in [-0.25, -0.2) is 0 Å². The third kappa shape index (κ3) is 5.16. The van der Waals surface area contributed by atoms with Gasteiger partial charge in [-0.3, -0.25) is 9.59 Å². The Morgan fingerprint density at radius 3 is 2.80 bits per heavy atom. The Balaban J connectivity index is 1.46. The van der Waals surface area contributed by atoms with Gasteiger partial charge in [-0.1, -0.05) is 30.3 Å². The highest BCUT2D eigenvalue weighted by Gasteiger charge is 2.25. The molecule has 134 valence electrons. The zero-order chi connectivity index (χ0) is 17.5. The van der Waals surface area contributed by atoms with Crippen LogP contribution < -0.4 is 10.6 Å². The minimum absolute atomic E-state index is 0.0323. The summed E-state index contributed by atoms with van der Waals surface area (Å²) < 4.78 is 0. The van der Waals surface area contributed by atoms with Crippen LogP contribution in [0.5, 0.6) is 0 Å². The van der Waals surface area contributed by atoms with Crippen molar-refractivity contribution in [3.05, 3.63) is 42.0 Å². The molecule has 0 aromatic heterocycles. The van der Waals surface area contributed by atoms with E-state index in [4.69, 9.17) is 0 Å². The largest absolute Gasteiger partial charge is 0.354 e. The zero-order valence-corrected chi connectivity index (χ0v) is 14.6. The number of carbonyl (C=O) groups is 2. The minimum Gasteiger partial charge on any atom is -0.354 e. The fraction of sp³-hybridized carbons (Fsp3) is 0.500. The number of carbonyl (C=O) groups excluding carboxylic acids is 2. The van der Waals surface area contributed by atoms with Gasteiger partial charge in [0.1, 0.15) is 0 Å². The third-order valence-electron chi connectivity index (χ3n) is 4.99. The number of hydrogen-bond donors (Lipinski definition) is 2. The average Bonchev–Trinajstić information content (AvgIpc) is 3.20. The van der Waals surface area contributed by atoms with Crippen LogP contribution in [0.2, 0.25) is 0 Å². The Bertz CT molecular complexity index is 609. The molecule has 2 heterocycles. The van der Waals surface area contributed by atoms with Crippen molar-refractivity contribution in [1.82, 2.24) is 15.5 Å². The van der Waals surface area contributed by atoms with E-state index in [-0.39, 0.29) is 17.9 Å². The van der Waals surface area contributed by atoms with Gasteiger partial charge in [0.05, 0.1) is 6.04 Å². The normalized spacial score (nSPS) is 23.8. The van der Waals surface area contributed by atoms with Crippen LogP contribution in [0.3, 0.4) is 0 Å². The average molecular weight is 341 g/mol. The van der Waals surface area contributed by atoms with Crippen LogP contribution in [0, 0.1) is 5.92 Å². The van der Waals surface area contributed by atoms with E-state index >= 15 is 0 Å². The number of likely N-dealkylation sites (tertiary alicyclic amines) is 1. The number of benzene rings is 1. The molecule has 0 bridgehead atoms. The van der Waals surface area contributed by atoms with Crippen molar-refractivity contribution in [2.24, 2.45) is 5.92 Å². The quantitative estimate of drug-likeness (QED) is 0.803. The molecule has 1 aromatic carbocycles. The topological polar surface area (TPSA) is 61.4 Å². The summed E-state index contributed by atoms with van der Waals surface area (Å²) in [5.41, 5.74) is 1.03. The molecule has 0 spiro atoms. The molecule has 0 radical (unpaired) electrons. The van der Waals surface area contributed by atoms with Gasteiger partial charge in [0.2, 0.25) is 11.8 Å². The molecule has 1 aromatic rings. The molecule has 5 heteroatoms. The van der Waals surface area contributed by atoms with E-state index < -0.39 is 0 Å². The molecule has 3 rings (SSSR count). The number of nitrogens with one attached hydrogen (secondary N) is 2. The highest BCUT2D eigenvalue weighted by Crippen LogP contribution is 2.17. The molecule has 2 fully saturated rings. The lowest BCUT2D eigenvalue weighted by Gasteiger charge is -2.32. The van der Waals surface area contributed by atoms with E-state index in [1.54, 1.807) is 6.08 Å². The number of hydrogen-bond acceptors (Lipinski definition) is 3. The van der Waals surface area contributed by atoms with Crippen LogP contribution in [0.15, 0.2) is 36.4 Å². The lowest BCUT2D eigenvalue weighted by Crippen LogP contribution is -2.46. The predicted molar refractivity (Wildman–Crippen MR) is 98.8 cm³/mol. The van der Waals surface area contributed by atoms with Crippen LogP contribution >= 0.6 is 0 Å². The molecule has 0 unspecified atom stereocenters.